The van der Waals surface area contributed by atoms with Crippen LogP contribution in [0.5, 0.6) is 0 Å². The van der Waals surface area contributed by atoms with Gasteiger partial charge in [0.15, 0.2) is 0 Å². The smallest absolute Gasteiger partial charge is 0.313 e. The van der Waals surface area contributed by atoms with Gasteiger partial charge < -0.3 is 9.16 Å². The lowest BCUT2D eigenvalue weighted by atomic mass is 9.66. The number of benzene rings is 4. The molecule has 5 nitrogen and oxygen atoms in total. The second kappa shape index (κ2) is 21.3. The molecule has 2 aliphatic rings. The van der Waals surface area contributed by atoms with E-state index in [1.165, 1.54) is 40.2 Å². The van der Waals surface area contributed by atoms with Crippen LogP contribution in [-0.2, 0) is 14.0 Å². The topological polar surface area (TPSA) is 61.3 Å². The van der Waals surface area contributed by atoms with E-state index in [4.69, 9.17) is 9.16 Å². The molecule has 0 N–H and O–H groups in total. The second-order valence-electron chi connectivity index (χ2n) is 18.3. The van der Waals surface area contributed by atoms with Gasteiger partial charge in [0, 0.05) is 29.4 Å². The Balaban J connectivity index is 0.000000202. The zero-order valence-corrected chi connectivity index (χ0v) is 39.9. The van der Waals surface area contributed by atoms with Crippen molar-refractivity contribution in [2.24, 2.45) is 23.7 Å². The van der Waals surface area contributed by atoms with Crippen LogP contribution in [0.4, 0.5) is 8.78 Å². The van der Waals surface area contributed by atoms with E-state index in [1.807, 2.05) is 67.6 Å². The van der Waals surface area contributed by atoms with Gasteiger partial charge in [-0.2, -0.15) is 0 Å². The molecule has 0 saturated carbocycles. The maximum absolute atomic E-state index is 13.5. The molecule has 6 atom stereocenters. The molecule has 0 unspecified atom stereocenters. The molecule has 1 aliphatic heterocycles. The summed E-state index contributed by atoms with van der Waals surface area (Å²) in [4.78, 5) is 21.3. The van der Waals surface area contributed by atoms with E-state index >= 15 is 0 Å². The second-order valence-corrected chi connectivity index (χ2v) is 22.6. The highest BCUT2D eigenvalue weighted by Gasteiger charge is 2.51. The predicted octanol–water partition coefficient (Wildman–Crippen LogP) is 13.1. The van der Waals surface area contributed by atoms with Gasteiger partial charge in [0.05, 0.1) is 23.4 Å². The first-order valence-corrected chi connectivity index (χ1v) is 24.8. The number of esters is 1. The molecule has 0 bridgehead atoms. The Morgan fingerprint density at radius 1 is 0.727 bits per heavy atom. The van der Waals surface area contributed by atoms with E-state index in [0.29, 0.717) is 5.92 Å². The van der Waals surface area contributed by atoms with Crippen LogP contribution in [-0.4, -0.2) is 36.5 Å². The highest BCUT2D eigenvalue weighted by Crippen LogP contribution is 2.47. The minimum atomic E-state index is -2.59. The lowest BCUT2D eigenvalue weighted by molar-refractivity contribution is -0.142. The highest BCUT2D eigenvalue weighted by molar-refractivity contribution is 6.99. The number of carbonyl (C=O) groups excluding carboxylic acids is 1. The summed E-state index contributed by atoms with van der Waals surface area (Å²) in [6.07, 6.45) is 18.8. The average molecular weight is 899 g/mol. The fourth-order valence-corrected chi connectivity index (χ4v) is 14.3. The normalized spacial score (nSPS) is 20.2. The molecule has 6 aromatic rings. The van der Waals surface area contributed by atoms with Gasteiger partial charge in [0.1, 0.15) is 17.7 Å². The first-order chi connectivity index (χ1) is 31.8. The lowest BCUT2D eigenvalue weighted by Crippen LogP contribution is -2.67. The zero-order chi connectivity index (χ0) is 46.8. The fourth-order valence-electron chi connectivity index (χ4n) is 9.64. The van der Waals surface area contributed by atoms with Crippen LogP contribution >= 0.6 is 0 Å². The molecule has 1 aliphatic carbocycles. The van der Waals surface area contributed by atoms with Crippen molar-refractivity contribution >= 4 is 36.8 Å². The summed E-state index contributed by atoms with van der Waals surface area (Å²) in [5.41, 5.74) is 6.35. The van der Waals surface area contributed by atoms with Crippen molar-refractivity contribution in [3.8, 4) is 22.3 Å². The number of aromatic nitrogens is 2. The van der Waals surface area contributed by atoms with Gasteiger partial charge in [0.2, 0.25) is 0 Å². The summed E-state index contributed by atoms with van der Waals surface area (Å²) in [6, 6.07) is 42.2. The number of hydrogen-bond donors (Lipinski definition) is 0. The molecule has 4 aromatic carbocycles. The number of carbonyl (C=O) groups is 1. The van der Waals surface area contributed by atoms with Crippen molar-refractivity contribution in [2.75, 3.05) is 0 Å². The Morgan fingerprint density at radius 3 is 1.76 bits per heavy atom. The number of fused-ring (bicyclic) bond motifs is 1. The minimum absolute atomic E-state index is 0.0685. The lowest BCUT2D eigenvalue weighted by Gasteiger charge is -2.44. The molecule has 3 heterocycles. The SMILES string of the molecule is CC[C@@H]1C(C)=C[C@H]2C(=O)O[C@H](C)[C@H]2[C@H]1/C=C/c1ccc(-c2cccc(F)c2)cn1.C[C@H](/C=C\C=C\c1ccc(-c2cccc(F)c2)cn1)O[Si](c1ccccc1)(c1ccccc1)C(C)(C)C. The summed E-state index contributed by atoms with van der Waals surface area (Å²) < 4.78 is 39.6. The van der Waals surface area contributed by atoms with E-state index < -0.39 is 8.32 Å². The standard InChI is InChI=1S/C33H34FNOSi.C25H26FNO2/c1-26(14-11-12-17-30-23-22-28(25-35-30)27-15-13-16-29(34)24-27)36-37(33(2,3)4,31-18-7-5-8-19-31)32-20-9-6-10-21-32;1-4-21-15(2)12-23-24(16(3)29-25(23)28)22(21)11-10-20-9-8-18(14-27-20)17-6-5-7-19(26)13-17/h5-26H,1-4H3;5-14,16,21-24H,4H2,1-3H3/b14-11-,17-12+;11-10+/t26-;16-,21-,22+,23-,24+/m11/s1. The molecule has 0 amide bonds. The average Bonchev–Trinajstić information content (AvgIpc) is 3.60. The van der Waals surface area contributed by atoms with Gasteiger partial charge >= 0.3 is 5.97 Å². The van der Waals surface area contributed by atoms with Gasteiger partial charge in [-0.1, -0.05) is 161 Å². The number of allylic oxidation sites excluding steroid dienone is 4. The van der Waals surface area contributed by atoms with Crippen LogP contribution in [0, 0.1) is 35.3 Å². The molecule has 2 aromatic heterocycles. The quantitative estimate of drug-likeness (QED) is 0.0530. The molecular weight excluding hydrogens is 839 g/mol. The Bertz CT molecular complexity index is 2630. The van der Waals surface area contributed by atoms with Crippen LogP contribution < -0.4 is 10.4 Å². The van der Waals surface area contributed by atoms with Gasteiger partial charge in [-0.05, 0) is 114 Å². The number of nitrogens with zero attached hydrogens (tertiary/aromatic N) is 2. The van der Waals surface area contributed by atoms with Crippen molar-refractivity contribution in [1.29, 1.82) is 0 Å². The molecular formula is C58H60F2N2O3Si. The Morgan fingerprint density at radius 2 is 1.27 bits per heavy atom. The van der Waals surface area contributed by atoms with Crippen molar-refractivity contribution < 1.29 is 22.7 Å². The zero-order valence-electron chi connectivity index (χ0n) is 38.9. The number of halogens is 2. The summed E-state index contributed by atoms with van der Waals surface area (Å²) in [6.45, 7) is 15.3. The molecule has 0 radical (unpaired) electrons. The summed E-state index contributed by atoms with van der Waals surface area (Å²) in [5, 5.41) is 2.47. The van der Waals surface area contributed by atoms with Crippen LogP contribution in [0.25, 0.3) is 34.4 Å². The summed E-state index contributed by atoms with van der Waals surface area (Å²) >= 11 is 0. The van der Waals surface area contributed by atoms with E-state index in [2.05, 4.69) is 130 Å². The third-order valence-corrected chi connectivity index (χ3v) is 18.0. The van der Waals surface area contributed by atoms with Crippen LogP contribution in [0.15, 0.2) is 182 Å². The first kappa shape index (κ1) is 47.6. The summed E-state index contributed by atoms with van der Waals surface area (Å²) in [7, 11) is -2.59. The molecule has 0 spiro atoms. The molecule has 338 valence electrons. The minimum Gasteiger partial charge on any atom is -0.462 e. The van der Waals surface area contributed by atoms with Crippen LogP contribution in [0.3, 0.4) is 0 Å². The number of cyclic esters (lactones) is 1. The first-order valence-electron chi connectivity index (χ1n) is 22.9. The van der Waals surface area contributed by atoms with Crippen LogP contribution in [0.2, 0.25) is 5.04 Å². The summed E-state index contributed by atoms with van der Waals surface area (Å²) in [5.74, 6) is 0.0464. The molecule has 66 heavy (non-hydrogen) atoms. The number of ether oxygens (including phenoxy) is 1. The van der Waals surface area contributed by atoms with E-state index in [1.54, 1.807) is 24.5 Å². The maximum atomic E-state index is 13.5. The van der Waals surface area contributed by atoms with E-state index in [-0.39, 0.29) is 52.6 Å². The van der Waals surface area contributed by atoms with Gasteiger partial charge in [-0.3, -0.25) is 14.8 Å². The molecule has 8 heteroatoms. The largest absolute Gasteiger partial charge is 0.462 e. The molecule has 1 fully saturated rings. The van der Waals surface area contributed by atoms with E-state index in [0.717, 1.165) is 40.1 Å². The van der Waals surface area contributed by atoms with Crippen molar-refractivity contribution in [1.82, 2.24) is 9.97 Å². The third kappa shape index (κ3) is 11.0. The van der Waals surface area contributed by atoms with Crippen molar-refractivity contribution in [3.05, 3.63) is 205 Å². The Labute approximate surface area is 390 Å². The number of pyridine rings is 2. The Hall–Kier alpha value is -6.35. The monoisotopic (exact) mass is 898 g/mol. The maximum Gasteiger partial charge on any atom is 0.313 e. The van der Waals surface area contributed by atoms with Gasteiger partial charge in [-0.25, -0.2) is 8.78 Å². The van der Waals surface area contributed by atoms with Gasteiger partial charge in [0.25, 0.3) is 8.32 Å². The fraction of sp³-hybridized carbons (Fsp3) is 0.259. The Kier molecular flexibility index (Phi) is 15.4. The van der Waals surface area contributed by atoms with Crippen molar-refractivity contribution in [3.63, 3.8) is 0 Å². The number of rotatable bonds is 12. The predicted molar refractivity (Wildman–Crippen MR) is 268 cm³/mol. The van der Waals surface area contributed by atoms with Crippen LogP contribution in [0.1, 0.15) is 66.3 Å². The van der Waals surface area contributed by atoms with E-state index in [9.17, 15) is 13.6 Å². The molecule has 1 saturated heterocycles. The molecule has 8 rings (SSSR count). The number of hydrogen-bond acceptors (Lipinski definition) is 5. The third-order valence-electron chi connectivity index (χ3n) is 12.8. The highest BCUT2D eigenvalue weighted by atomic mass is 28.4. The van der Waals surface area contributed by atoms with Gasteiger partial charge in [-0.15, -0.1) is 0 Å². The van der Waals surface area contributed by atoms with Crippen molar-refractivity contribution in [2.45, 2.75) is 72.1 Å².